The van der Waals surface area contributed by atoms with Crippen molar-refractivity contribution in [2.75, 3.05) is 80.6 Å². The Morgan fingerprint density at radius 1 is 0.825 bits per heavy atom. The minimum Gasteiger partial charge on any atom is -0.495 e. The molecule has 4 rings (SSSR count). The van der Waals surface area contributed by atoms with Crippen LogP contribution in [-0.2, 0) is 4.74 Å². The van der Waals surface area contributed by atoms with E-state index < -0.39 is 6.03 Å². The van der Waals surface area contributed by atoms with Crippen LogP contribution in [0.2, 0.25) is 0 Å². The molecule has 3 aromatic rings. The Labute approximate surface area is 235 Å². The normalized spacial score (nSPS) is 13.0. The van der Waals surface area contributed by atoms with Crippen molar-refractivity contribution < 1.29 is 23.8 Å². The summed E-state index contributed by atoms with van der Waals surface area (Å²) in [6.45, 7) is 6.13. The second-order valence-electron chi connectivity index (χ2n) is 9.13. The molecule has 1 saturated heterocycles. The third kappa shape index (κ3) is 7.15. The molecule has 1 aliphatic heterocycles. The predicted molar refractivity (Wildman–Crippen MR) is 158 cm³/mol. The zero-order valence-corrected chi connectivity index (χ0v) is 23.2. The Morgan fingerprint density at radius 3 is 2.20 bits per heavy atom. The van der Waals surface area contributed by atoms with Crippen molar-refractivity contribution in [1.29, 1.82) is 0 Å². The lowest BCUT2D eigenvalue weighted by Crippen LogP contribution is -2.47. The quantitative estimate of drug-likeness (QED) is 0.305. The first-order chi connectivity index (χ1) is 19.5. The van der Waals surface area contributed by atoms with Gasteiger partial charge in [-0.15, -0.1) is 0 Å². The van der Waals surface area contributed by atoms with E-state index in [0.29, 0.717) is 42.4 Å². The number of para-hydroxylation sites is 4. The topological polar surface area (TPSA) is 104 Å². The molecule has 1 fully saturated rings. The number of nitrogens with zero attached hydrogens (tertiary/aromatic N) is 2. The highest BCUT2D eigenvalue weighted by Crippen LogP contribution is 2.31. The molecule has 10 heteroatoms. The molecular formula is C30H37N5O5. The maximum absolute atomic E-state index is 13.2. The lowest BCUT2D eigenvalue weighted by molar-refractivity contribution is 0.0937. The molecule has 0 aromatic heterocycles. The first-order valence-corrected chi connectivity index (χ1v) is 13.4. The van der Waals surface area contributed by atoms with Crippen molar-refractivity contribution in [3.05, 3.63) is 72.3 Å². The predicted octanol–water partition coefficient (Wildman–Crippen LogP) is 4.44. The number of methoxy groups -OCH3 is 2. The smallest absolute Gasteiger partial charge is 0.323 e. The fourth-order valence-corrected chi connectivity index (χ4v) is 4.65. The third-order valence-corrected chi connectivity index (χ3v) is 6.57. The number of anilines is 4. The number of piperazine rings is 1. The Balaban J connectivity index is 1.50. The number of benzene rings is 3. The molecule has 0 radical (unpaired) electrons. The molecule has 40 heavy (non-hydrogen) atoms. The van der Waals surface area contributed by atoms with Crippen LogP contribution in [0.25, 0.3) is 0 Å². The Morgan fingerprint density at radius 2 is 1.50 bits per heavy atom. The van der Waals surface area contributed by atoms with Crippen molar-refractivity contribution >= 4 is 34.7 Å². The lowest BCUT2D eigenvalue weighted by Gasteiger charge is -2.38. The van der Waals surface area contributed by atoms with Crippen LogP contribution in [0.15, 0.2) is 66.7 Å². The summed E-state index contributed by atoms with van der Waals surface area (Å²) in [4.78, 5) is 30.5. The van der Waals surface area contributed by atoms with E-state index in [9.17, 15) is 9.59 Å². The van der Waals surface area contributed by atoms with Gasteiger partial charge in [0.15, 0.2) is 0 Å². The lowest BCUT2D eigenvalue weighted by atomic mass is 10.1. The molecule has 3 N–H and O–H groups in total. The summed E-state index contributed by atoms with van der Waals surface area (Å²) >= 11 is 0. The molecule has 0 atom stereocenters. The Hall–Kier alpha value is -4.44. The highest BCUT2D eigenvalue weighted by atomic mass is 16.5. The van der Waals surface area contributed by atoms with Gasteiger partial charge in [-0.1, -0.05) is 24.3 Å². The number of amides is 3. The summed E-state index contributed by atoms with van der Waals surface area (Å²) in [7, 11) is 3.27. The van der Waals surface area contributed by atoms with Crippen LogP contribution < -0.4 is 35.2 Å². The number of ether oxygens (including phenoxy) is 3. The summed E-state index contributed by atoms with van der Waals surface area (Å²) < 4.78 is 16.2. The third-order valence-electron chi connectivity index (χ3n) is 6.57. The monoisotopic (exact) mass is 547 g/mol. The van der Waals surface area contributed by atoms with Gasteiger partial charge in [-0.05, 0) is 49.4 Å². The first-order valence-electron chi connectivity index (χ1n) is 13.4. The largest absolute Gasteiger partial charge is 0.495 e. The summed E-state index contributed by atoms with van der Waals surface area (Å²) in [5.41, 5.74) is 3.40. The summed E-state index contributed by atoms with van der Waals surface area (Å²) in [6, 6.07) is 20.2. The van der Waals surface area contributed by atoms with Crippen molar-refractivity contribution in [3.8, 4) is 11.5 Å². The van der Waals surface area contributed by atoms with E-state index in [0.717, 1.165) is 43.3 Å². The van der Waals surface area contributed by atoms with E-state index in [2.05, 4.69) is 31.8 Å². The van der Waals surface area contributed by atoms with Crippen LogP contribution in [0.5, 0.6) is 11.5 Å². The molecule has 0 spiro atoms. The molecule has 0 unspecified atom stereocenters. The molecule has 212 valence electrons. The number of rotatable bonds is 11. The molecule has 1 aliphatic rings. The van der Waals surface area contributed by atoms with E-state index in [1.165, 1.54) is 0 Å². The Bertz CT molecular complexity index is 1290. The van der Waals surface area contributed by atoms with Gasteiger partial charge in [0.05, 0.1) is 37.3 Å². The maximum Gasteiger partial charge on any atom is 0.323 e. The van der Waals surface area contributed by atoms with Crippen LogP contribution in [0.1, 0.15) is 17.3 Å². The number of hydrogen-bond acceptors (Lipinski definition) is 7. The van der Waals surface area contributed by atoms with Crippen molar-refractivity contribution in [3.63, 3.8) is 0 Å². The fourth-order valence-electron chi connectivity index (χ4n) is 4.65. The molecule has 3 aromatic carbocycles. The highest BCUT2D eigenvalue weighted by molar-refractivity contribution is 6.04. The number of carbonyl (C=O) groups is 2. The highest BCUT2D eigenvalue weighted by Gasteiger charge is 2.24. The Kier molecular flexibility index (Phi) is 10.1. The SMILES string of the molecule is CCOc1ccccc1NC(=O)Nc1ccc(N2CCN(c3ccccc3OC)CC2)c(C(=O)NCCOC)c1. The summed E-state index contributed by atoms with van der Waals surface area (Å²) in [5, 5.41) is 8.58. The average molecular weight is 548 g/mol. The van der Waals surface area contributed by atoms with Crippen LogP contribution in [0.3, 0.4) is 0 Å². The van der Waals surface area contributed by atoms with Gasteiger partial charge in [-0.3, -0.25) is 4.79 Å². The van der Waals surface area contributed by atoms with Gasteiger partial charge in [0, 0.05) is 51.2 Å². The standard InChI is InChI=1S/C30H37N5O5/c1-4-40-27-11-7-5-9-24(27)33-30(37)32-22-13-14-25(23(21-22)29(36)31-15-20-38-2)34-16-18-35(19-17-34)26-10-6-8-12-28(26)39-3/h5-14,21H,4,15-20H2,1-3H3,(H,31,36)(H2,32,33,37). The molecule has 10 nitrogen and oxygen atoms in total. The van der Waals surface area contributed by atoms with Crippen LogP contribution in [-0.4, -0.2) is 72.1 Å². The van der Waals surface area contributed by atoms with Gasteiger partial charge in [0.25, 0.3) is 5.91 Å². The maximum atomic E-state index is 13.2. The van der Waals surface area contributed by atoms with E-state index in [-0.39, 0.29) is 5.91 Å². The molecule has 0 aliphatic carbocycles. The number of nitrogens with one attached hydrogen (secondary N) is 3. The first kappa shape index (κ1) is 28.6. The number of urea groups is 1. The van der Waals surface area contributed by atoms with Gasteiger partial charge in [-0.25, -0.2) is 4.79 Å². The number of hydrogen-bond donors (Lipinski definition) is 3. The van der Waals surface area contributed by atoms with E-state index in [1.54, 1.807) is 32.4 Å². The fraction of sp³-hybridized carbons (Fsp3) is 0.333. The average Bonchev–Trinajstić information content (AvgIpc) is 2.98. The van der Waals surface area contributed by atoms with Crippen molar-refractivity contribution in [2.45, 2.75) is 6.92 Å². The van der Waals surface area contributed by atoms with Gasteiger partial charge < -0.3 is 40.0 Å². The minimum atomic E-state index is -0.434. The zero-order chi connectivity index (χ0) is 28.3. The van der Waals surface area contributed by atoms with Gasteiger partial charge in [-0.2, -0.15) is 0 Å². The second kappa shape index (κ2) is 14.1. The van der Waals surface area contributed by atoms with Crippen LogP contribution in [0, 0.1) is 0 Å². The van der Waals surface area contributed by atoms with Crippen molar-refractivity contribution in [1.82, 2.24) is 5.32 Å². The minimum absolute atomic E-state index is 0.232. The summed E-state index contributed by atoms with van der Waals surface area (Å²) in [5.74, 6) is 1.19. The van der Waals surface area contributed by atoms with E-state index >= 15 is 0 Å². The van der Waals surface area contributed by atoms with Crippen LogP contribution in [0.4, 0.5) is 27.5 Å². The van der Waals surface area contributed by atoms with Gasteiger partial charge in [0.2, 0.25) is 0 Å². The summed E-state index contributed by atoms with van der Waals surface area (Å²) in [6.07, 6.45) is 0. The zero-order valence-electron chi connectivity index (χ0n) is 23.2. The molecular weight excluding hydrogens is 510 g/mol. The second-order valence-corrected chi connectivity index (χ2v) is 9.13. The van der Waals surface area contributed by atoms with E-state index in [4.69, 9.17) is 14.2 Å². The van der Waals surface area contributed by atoms with E-state index in [1.807, 2.05) is 49.4 Å². The molecule has 1 heterocycles. The van der Waals surface area contributed by atoms with Crippen molar-refractivity contribution in [2.24, 2.45) is 0 Å². The van der Waals surface area contributed by atoms with Crippen LogP contribution >= 0.6 is 0 Å². The molecule has 0 bridgehead atoms. The number of carbonyl (C=O) groups excluding carboxylic acids is 2. The molecule has 0 saturated carbocycles. The van der Waals surface area contributed by atoms with Gasteiger partial charge in [0.1, 0.15) is 11.5 Å². The molecule has 3 amide bonds. The van der Waals surface area contributed by atoms with Gasteiger partial charge >= 0.3 is 6.03 Å².